The minimum absolute atomic E-state index is 0. The van der Waals surface area contributed by atoms with Gasteiger partial charge in [-0.2, -0.15) is 0 Å². The lowest BCUT2D eigenvalue weighted by Gasteiger charge is -2.21. The van der Waals surface area contributed by atoms with Crippen molar-refractivity contribution in [2.75, 3.05) is 20.4 Å². The molecular weight excluding hydrogens is 280 g/mol. The van der Waals surface area contributed by atoms with Crippen molar-refractivity contribution in [1.29, 1.82) is 0 Å². The van der Waals surface area contributed by atoms with Gasteiger partial charge in [-0.05, 0) is 37.1 Å². The molecule has 1 amide bonds. The Labute approximate surface area is 124 Å². The van der Waals surface area contributed by atoms with Crippen LogP contribution in [0, 0.1) is 0 Å². The molecule has 20 heavy (non-hydrogen) atoms. The number of hydrogen-bond donors (Lipinski definition) is 1. The fourth-order valence-electron chi connectivity index (χ4n) is 2.55. The second-order valence-electron chi connectivity index (χ2n) is 5.03. The summed E-state index contributed by atoms with van der Waals surface area (Å²) < 4.78 is 10.6. The van der Waals surface area contributed by atoms with Crippen molar-refractivity contribution in [3.8, 4) is 11.5 Å². The second-order valence-corrected chi connectivity index (χ2v) is 5.03. The average molecular weight is 299 g/mol. The summed E-state index contributed by atoms with van der Waals surface area (Å²) in [6, 6.07) is 5.79. The fourth-order valence-corrected chi connectivity index (χ4v) is 2.55. The molecule has 110 valence electrons. The topological polar surface area (TPSA) is 50.8 Å². The van der Waals surface area contributed by atoms with E-state index in [0.717, 1.165) is 36.4 Å². The molecule has 5 nitrogen and oxygen atoms in total. The number of rotatable bonds is 3. The van der Waals surface area contributed by atoms with E-state index in [1.165, 1.54) is 0 Å². The predicted octanol–water partition coefficient (Wildman–Crippen LogP) is 1.55. The second kappa shape index (κ2) is 6.33. The summed E-state index contributed by atoms with van der Waals surface area (Å²) >= 11 is 0. The van der Waals surface area contributed by atoms with E-state index in [0.29, 0.717) is 6.54 Å². The third-order valence-electron chi connectivity index (χ3n) is 3.59. The molecule has 3 rings (SSSR count). The number of halogens is 1. The van der Waals surface area contributed by atoms with Crippen molar-refractivity contribution in [2.24, 2.45) is 0 Å². The molecule has 1 aromatic rings. The Morgan fingerprint density at radius 1 is 1.40 bits per heavy atom. The summed E-state index contributed by atoms with van der Waals surface area (Å²) in [6.45, 7) is 1.81. The van der Waals surface area contributed by atoms with Crippen LogP contribution in [0.1, 0.15) is 18.4 Å². The highest BCUT2D eigenvalue weighted by molar-refractivity contribution is 5.85. The Morgan fingerprint density at radius 3 is 2.95 bits per heavy atom. The molecule has 0 radical (unpaired) electrons. The van der Waals surface area contributed by atoms with Gasteiger partial charge in [-0.3, -0.25) is 4.79 Å². The number of fused-ring (bicyclic) bond motifs is 1. The number of nitrogens with one attached hydrogen (secondary N) is 1. The average Bonchev–Trinajstić information content (AvgIpc) is 3.08. The molecule has 1 unspecified atom stereocenters. The fraction of sp³-hybridized carbons (Fsp3) is 0.500. The Bertz CT molecular complexity index is 489. The maximum absolute atomic E-state index is 12.2. The van der Waals surface area contributed by atoms with Crippen LogP contribution in [-0.4, -0.2) is 37.2 Å². The van der Waals surface area contributed by atoms with E-state index in [1.54, 1.807) is 4.90 Å². The standard InChI is InChI=1S/C14H18N2O3.ClH/c1-16(14(17)11-3-2-6-15-11)8-10-4-5-12-13(7-10)19-9-18-12;/h4-5,7,11,15H,2-3,6,8-9H2,1H3;1H. The van der Waals surface area contributed by atoms with Crippen molar-refractivity contribution in [2.45, 2.75) is 25.4 Å². The van der Waals surface area contributed by atoms with Crippen molar-refractivity contribution < 1.29 is 14.3 Å². The third-order valence-corrected chi connectivity index (χ3v) is 3.59. The van der Waals surface area contributed by atoms with Crippen molar-refractivity contribution >= 4 is 18.3 Å². The number of ether oxygens (including phenoxy) is 2. The van der Waals surface area contributed by atoms with Gasteiger partial charge in [-0.1, -0.05) is 6.07 Å². The maximum Gasteiger partial charge on any atom is 0.239 e. The van der Waals surface area contributed by atoms with Gasteiger partial charge in [0.1, 0.15) is 0 Å². The molecule has 1 saturated heterocycles. The number of amides is 1. The molecule has 2 aliphatic heterocycles. The minimum atomic E-state index is -0.0148. The van der Waals surface area contributed by atoms with Crippen LogP contribution in [0.4, 0.5) is 0 Å². The number of carbonyl (C=O) groups excluding carboxylic acids is 1. The Kier molecular flexibility index (Phi) is 4.73. The molecule has 0 aliphatic carbocycles. The predicted molar refractivity (Wildman–Crippen MR) is 77.3 cm³/mol. The molecule has 6 heteroatoms. The molecular formula is C14H19ClN2O3. The number of nitrogens with zero attached hydrogens (tertiary/aromatic N) is 1. The molecule has 1 aromatic carbocycles. The molecule has 1 fully saturated rings. The lowest BCUT2D eigenvalue weighted by molar-refractivity contribution is -0.132. The van der Waals surface area contributed by atoms with Gasteiger partial charge in [-0.15, -0.1) is 12.4 Å². The summed E-state index contributed by atoms with van der Waals surface area (Å²) in [5, 5.41) is 3.23. The van der Waals surface area contributed by atoms with Crippen molar-refractivity contribution in [3.05, 3.63) is 23.8 Å². The van der Waals surface area contributed by atoms with Gasteiger partial charge in [0.2, 0.25) is 12.7 Å². The maximum atomic E-state index is 12.2. The summed E-state index contributed by atoms with van der Waals surface area (Å²) in [5.74, 6) is 1.70. The van der Waals surface area contributed by atoms with E-state index in [4.69, 9.17) is 9.47 Å². The summed E-state index contributed by atoms with van der Waals surface area (Å²) in [7, 11) is 1.84. The molecule has 2 heterocycles. The van der Waals surface area contributed by atoms with E-state index in [-0.39, 0.29) is 31.1 Å². The molecule has 0 saturated carbocycles. The van der Waals surface area contributed by atoms with E-state index < -0.39 is 0 Å². The van der Waals surface area contributed by atoms with Crippen molar-refractivity contribution in [1.82, 2.24) is 10.2 Å². The zero-order chi connectivity index (χ0) is 13.2. The van der Waals surface area contributed by atoms with Crippen LogP contribution < -0.4 is 14.8 Å². The molecule has 0 bridgehead atoms. The highest BCUT2D eigenvalue weighted by Crippen LogP contribution is 2.32. The minimum Gasteiger partial charge on any atom is -0.454 e. The van der Waals surface area contributed by atoms with Crippen LogP contribution in [0.3, 0.4) is 0 Å². The number of hydrogen-bond acceptors (Lipinski definition) is 4. The van der Waals surface area contributed by atoms with Crippen LogP contribution in [0.15, 0.2) is 18.2 Å². The van der Waals surface area contributed by atoms with Crippen LogP contribution in [0.5, 0.6) is 11.5 Å². The molecule has 0 spiro atoms. The van der Waals surface area contributed by atoms with Gasteiger partial charge in [0.15, 0.2) is 11.5 Å². The van der Waals surface area contributed by atoms with Gasteiger partial charge < -0.3 is 19.7 Å². The first-order valence-corrected chi connectivity index (χ1v) is 6.61. The quantitative estimate of drug-likeness (QED) is 0.920. The van der Waals surface area contributed by atoms with E-state index in [1.807, 2.05) is 25.2 Å². The lowest BCUT2D eigenvalue weighted by Crippen LogP contribution is -2.41. The first-order valence-electron chi connectivity index (χ1n) is 6.61. The number of benzene rings is 1. The highest BCUT2D eigenvalue weighted by atomic mass is 35.5. The van der Waals surface area contributed by atoms with Crippen LogP contribution in [-0.2, 0) is 11.3 Å². The Morgan fingerprint density at radius 2 is 2.20 bits per heavy atom. The monoisotopic (exact) mass is 298 g/mol. The largest absolute Gasteiger partial charge is 0.454 e. The number of carbonyl (C=O) groups is 1. The van der Waals surface area contributed by atoms with Crippen LogP contribution in [0.2, 0.25) is 0 Å². The Hall–Kier alpha value is -1.46. The zero-order valence-corrected chi connectivity index (χ0v) is 12.2. The van der Waals surface area contributed by atoms with E-state index in [9.17, 15) is 4.79 Å². The molecule has 0 aromatic heterocycles. The molecule has 1 N–H and O–H groups in total. The third kappa shape index (κ3) is 2.99. The molecule has 2 aliphatic rings. The lowest BCUT2D eigenvalue weighted by atomic mass is 10.1. The first kappa shape index (κ1) is 14.9. The van der Waals surface area contributed by atoms with E-state index in [2.05, 4.69) is 5.32 Å². The van der Waals surface area contributed by atoms with Gasteiger partial charge in [0, 0.05) is 13.6 Å². The summed E-state index contributed by atoms with van der Waals surface area (Å²) in [5.41, 5.74) is 1.05. The van der Waals surface area contributed by atoms with Gasteiger partial charge in [0.25, 0.3) is 0 Å². The van der Waals surface area contributed by atoms with E-state index >= 15 is 0 Å². The zero-order valence-electron chi connectivity index (χ0n) is 11.4. The van der Waals surface area contributed by atoms with Crippen LogP contribution >= 0.6 is 12.4 Å². The SMILES string of the molecule is CN(Cc1ccc2c(c1)OCO2)C(=O)C1CCCN1.Cl. The molecule has 1 atom stereocenters. The van der Waals surface area contributed by atoms with Gasteiger partial charge >= 0.3 is 0 Å². The highest BCUT2D eigenvalue weighted by Gasteiger charge is 2.25. The van der Waals surface area contributed by atoms with Crippen LogP contribution in [0.25, 0.3) is 0 Å². The summed E-state index contributed by atoms with van der Waals surface area (Å²) in [6.07, 6.45) is 2.01. The Balaban J connectivity index is 0.00000147. The van der Waals surface area contributed by atoms with Gasteiger partial charge in [0.05, 0.1) is 6.04 Å². The normalized spacial score (nSPS) is 19.6. The smallest absolute Gasteiger partial charge is 0.239 e. The summed E-state index contributed by atoms with van der Waals surface area (Å²) in [4.78, 5) is 14.0. The van der Waals surface area contributed by atoms with Gasteiger partial charge in [-0.25, -0.2) is 0 Å². The number of likely N-dealkylation sites (N-methyl/N-ethyl adjacent to an activating group) is 1. The first-order chi connectivity index (χ1) is 9.24. The van der Waals surface area contributed by atoms with Crippen molar-refractivity contribution in [3.63, 3.8) is 0 Å².